The summed E-state index contributed by atoms with van der Waals surface area (Å²) in [5.41, 5.74) is 7.53. The molecule has 2 atom stereocenters. The molecule has 5 heteroatoms. The van der Waals surface area contributed by atoms with E-state index in [0.29, 0.717) is 0 Å². The van der Waals surface area contributed by atoms with Crippen molar-refractivity contribution in [1.29, 1.82) is 0 Å². The van der Waals surface area contributed by atoms with E-state index in [-0.39, 0.29) is 5.92 Å². The first-order valence-corrected chi connectivity index (χ1v) is 3.66. The number of hydrogen-bond donors (Lipinski definition) is 0. The zero-order chi connectivity index (χ0) is 7.99. The quantitative estimate of drug-likeness (QED) is 0.258. The van der Waals surface area contributed by atoms with E-state index in [1.807, 2.05) is 6.92 Å². The zero-order valence-corrected chi connectivity index (χ0v) is 7.19. The number of azide groups is 1. The van der Waals surface area contributed by atoms with E-state index >= 15 is 0 Å². The molecule has 0 N–H and O–H groups in total. The van der Waals surface area contributed by atoms with E-state index in [1.54, 1.807) is 6.92 Å². The predicted octanol–water partition coefficient (Wildman–Crippen LogP) is 2.88. The van der Waals surface area contributed by atoms with Crippen molar-refractivity contribution in [3.63, 3.8) is 0 Å². The van der Waals surface area contributed by atoms with Gasteiger partial charge >= 0.3 is 0 Å². The maximum atomic E-state index is 8.13. The van der Waals surface area contributed by atoms with E-state index in [4.69, 9.17) is 28.7 Å². The molecule has 0 aromatic heterocycles. The van der Waals surface area contributed by atoms with Crippen LogP contribution in [0, 0.1) is 5.92 Å². The first kappa shape index (κ1) is 7.99. The first-order chi connectivity index (χ1) is 4.47. The van der Waals surface area contributed by atoms with Crippen LogP contribution in [0.1, 0.15) is 13.8 Å². The Morgan fingerprint density at radius 3 is 2.10 bits per heavy atom. The Morgan fingerprint density at radius 1 is 1.60 bits per heavy atom. The smallest absolute Gasteiger partial charge is 0.101 e. The van der Waals surface area contributed by atoms with Gasteiger partial charge in [0.25, 0.3) is 0 Å². The van der Waals surface area contributed by atoms with Gasteiger partial charge in [-0.3, -0.25) is 0 Å². The van der Waals surface area contributed by atoms with Crippen LogP contribution in [-0.2, 0) is 0 Å². The van der Waals surface area contributed by atoms with Crippen molar-refractivity contribution in [2.24, 2.45) is 11.0 Å². The van der Waals surface area contributed by atoms with Gasteiger partial charge in [0, 0.05) is 10.8 Å². The van der Waals surface area contributed by atoms with Gasteiger partial charge in [-0.1, -0.05) is 19.0 Å². The van der Waals surface area contributed by atoms with Crippen LogP contribution in [0.2, 0.25) is 0 Å². The first-order valence-electron chi connectivity index (χ1n) is 2.91. The fourth-order valence-electron chi connectivity index (χ4n) is 0.964. The van der Waals surface area contributed by atoms with E-state index in [9.17, 15) is 0 Å². The average molecular weight is 180 g/mol. The lowest BCUT2D eigenvalue weighted by Gasteiger charge is -1.99. The monoisotopic (exact) mass is 179 g/mol. The maximum absolute atomic E-state index is 8.13. The van der Waals surface area contributed by atoms with Gasteiger partial charge in [0.1, 0.15) is 4.33 Å². The predicted molar refractivity (Wildman–Crippen MR) is 41.2 cm³/mol. The summed E-state index contributed by atoms with van der Waals surface area (Å²) in [6, 6.07) is 0. The summed E-state index contributed by atoms with van der Waals surface area (Å²) >= 11 is 11.6. The minimum Gasteiger partial charge on any atom is -0.101 e. The van der Waals surface area contributed by atoms with Crippen molar-refractivity contribution in [2.75, 3.05) is 0 Å². The SMILES string of the molecule is CC1C(Cl)(Cl)C1(C)N=[N+]=[N-]. The van der Waals surface area contributed by atoms with Crippen LogP contribution in [-0.4, -0.2) is 9.87 Å². The van der Waals surface area contributed by atoms with Gasteiger partial charge in [-0.05, 0) is 5.53 Å². The molecule has 0 spiro atoms. The molecule has 1 aliphatic rings. The highest BCUT2D eigenvalue weighted by atomic mass is 35.5. The van der Waals surface area contributed by atoms with Crippen molar-refractivity contribution in [3.05, 3.63) is 10.4 Å². The van der Waals surface area contributed by atoms with Crippen LogP contribution in [0.5, 0.6) is 0 Å². The second-order valence-corrected chi connectivity index (χ2v) is 4.07. The summed E-state index contributed by atoms with van der Waals surface area (Å²) in [5.74, 6) is 0.0410. The molecule has 10 heavy (non-hydrogen) atoms. The summed E-state index contributed by atoms with van der Waals surface area (Å²) in [7, 11) is 0. The molecular formula is C5H7Cl2N3. The summed E-state index contributed by atoms with van der Waals surface area (Å²) in [4.78, 5) is 2.67. The Balaban J connectivity index is 2.87. The van der Waals surface area contributed by atoms with Crippen molar-refractivity contribution in [2.45, 2.75) is 23.7 Å². The Kier molecular flexibility index (Phi) is 1.55. The highest BCUT2D eigenvalue weighted by Gasteiger charge is 2.70. The molecule has 0 bridgehead atoms. The van der Waals surface area contributed by atoms with Gasteiger partial charge in [-0.25, -0.2) is 0 Å². The minimum absolute atomic E-state index is 0.0410. The highest BCUT2D eigenvalue weighted by molar-refractivity contribution is 6.52. The largest absolute Gasteiger partial charge is 0.132 e. The zero-order valence-electron chi connectivity index (χ0n) is 5.67. The Hall–Kier alpha value is -0.110. The summed E-state index contributed by atoms with van der Waals surface area (Å²) in [5, 5.41) is 3.52. The van der Waals surface area contributed by atoms with Crippen molar-refractivity contribution in [1.82, 2.24) is 0 Å². The standard InChI is InChI=1S/C5H7Cl2N3/c1-3-4(2,9-10-8)5(3,6)7/h3H,1-2H3. The molecule has 1 fully saturated rings. The number of rotatable bonds is 1. The molecule has 3 nitrogen and oxygen atoms in total. The molecule has 0 saturated heterocycles. The minimum atomic E-state index is -0.862. The fraction of sp³-hybridized carbons (Fsp3) is 1.00. The van der Waals surface area contributed by atoms with Crippen molar-refractivity contribution < 1.29 is 0 Å². The van der Waals surface area contributed by atoms with E-state index in [0.717, 1.165) is 0 Å². The maximum Gasteiger partial charge on any atom is 0.132 e. The lowest BCUT2D eigenvalue weighted by Crippen LogP contribution is -2.06. The van der Waals surface area contributed by atoms with Gasteiger partial charge in [0.2, 0.25) is 0 Å². The van der Waals surface area contributed by atoms with Gasteiger partial charge in [0.15, 0.2) is 0 Å². The van der Waals surface area contributed by atoms with E-state index in [2.05, 4.69) is 10.0 Å². The van der Waals surface area contributed by atoms with Gasteiger partial charge in [-0.15, -0.1) is 23.2 Å². The molecule has 0 aromatic carbocycles. The summed E-state index contributed by atoms with van der Waals surface area (Å²) in [6.07, 6.45) is 0. The van der Waals surface area contributed by atoms with Crippen LogP contribution in [0.15, 0.2) is 5.11 Å². The molecule has 1 saturated carbocycles. The third kappa shape index (κ3) is 0.715. The highest BCUT2D eigenvalue weighted by Crippen LogP contribution is 2.64. The second kappa shape index (κ2) is 1.94. The molecule has 0 aliphatic heterocycles. The van der Waals surface area contributed by atoms with Crippen LogP contribution in [0.3, 0.4) is 0 Å². The lowest BCUT2D eigenvalue weighted by molar-refractivity contribution is 0.677. The molecule has 56 valence electrons. The normalized spacial score (nSPS) is 42.2. The third-order valence-electron chi connectivity index (χ3n) is 2.23. The summed E-state index contributed by atoms with van der Waals surface area (Å²) < 4.78 is -0.862. The number of hydrogen-bond acceptors (Lipinski definition) is 1. The van der Waals surface area contributed by atoms with Crippen molar-refractivity contribution >= 4 is 23.2 Å². The molecule has 0 aromatic rings. The molecule has 1 rings (SSSR count). The molecule has 2 unspecified atom stereocenters. The molecule has 0 heterocycles. The molecular weight excluding hydrogens is 173 g/mol. The van der Waals surface area contributed by atoms with E-state index in [1.165, 1.54) is 0 Å². The van der Waals surface area contributed by atoms with Crippen LogP contribution in [0.4, 0.5) is 0 Å². The van der Waals surface area contributed by atoms with Crippen LogP contribution < -0.4 is 0 Å². The van der Waals surface area contributed by atoms with Crippen LogP contribution in [0.25, 0.3) is 10.4 Å². The van der Waals surface area contributed by atoms with E-state index < -0.39 is 9.87 Å². The molecule has 1 aliphatic carbocycles. The Bertz CT molecular complexity index is 209. The Labute approximate surface area is 68.9 Å². The topological polar surface area (TPSA) is 48.8 Å². The Morgan fingerprint density at radius 2 is 2.00 bits per heavy atom. The van der Waals surface area contributed by atoms with Crippen LogP contribution >= 0.6 is 23.2 Å². The average Bonchev–Trinajstić information content (AvgIpc) is 2.17. The van der Waals surface area contributed by atoms with Gasteiger partial charge in [-0.2, -0.15) is 0 Å². The van der Waals surface area contributed by atoms with Gasteiger partial charge < -0.3 is 0 Å². The third-order valence-corrected chi connectivity index (χ3v) is 3.65. The number of alkyl halides is 2. The summed E-state index contributed by atoms with van der Waals surface area (Å²) in [6.45, 7) is 3.60. The van der Waals surface area contributed by atoms with Gasteiger partial charge in [0.05, 0.1) is 5.54 Å². The number of nitrogens with zero attached hydrogens (tertiary/aromatic N) is 3. The van der Waals surface area contributed by atoms with Crippen molar-refractivity contribution in [3.8, 4) is 0 Å². The fourth-order valence-corrected chi connectivity index (χ4v) is 1.68. The molecule has 0 amide bonds. The number of halogens is 2. The molecule has 0 radical (unpaired) electrons. The lowest BCUT2D eigenvalue weighted by atomic mass is 10.3. The second-order valence-electron chi connectivity index (χ2n) is 2.68.